The molecule has 1 aromatic carbocycles. The molecule has 4 heteroatoms. The molecular formula is C12H17FN2O. The van der Waals surface area contributed by atoms with Crippen molar-refractivity contribution in [1.82, 2.24) is 0 Å². The van der Waals surface area contributed by atoms with Crippen LogP contribution in [0.25, 0.3) is 0 Å². The Hall–Kier alpha value is -1.29. The molecule has 3 nitrogen and oxygen atoms in total. The van der Waals surface area contributed by atoms with Gasteiger partial charge in [0, 0.05) is 20.2 Å². The number of anilines is 2. The van der Waals surface area contributed by atoms with E-state index in [1.807, 2.05) is 0 Å². The van der Waals surface area contributed by atoms with Crippen LogP contribution in [0.5, 0.6) is 0 Å². The molecule has 1 atom stereocenters. The normalized spacial score (nSPS) is 21.1. The van der Waals surface area contributed by atoms with Gasteiger partial charge in [-0.25, -0.2) is 4.39 Å². The summed E-state index contributed by atoms with van der Waals surface area (Å²) in [6, 6.07) is 4.49. The summed E-state index contributed by atoms with van der Waals surface area (Å²) in [5.41, 5.74) is 7.26. The number of benzene rings is 1. The molecule has 1 saturated heterocycles. The predicted octanol–water partition coefficient (Wildman–Crippen LogP) is 2.02. The van der Waals surface area contributed by atoms with Crippen LogP contribution in [0.15, 0.2) is 18.2 Å². The van der Waals surface area contributed by atoms with Gasteiger partial charge in [-0.1, -0.05) is 0 Å². The minimum atomic E-state index is -0.247. The van der Waals surface area contributed by atoms with Crippen molar-refractivity contribution in [3.05, 3.63) is 24.0 Å². The third kappa shape index (κ3) is 2.27. The predicted molar refractivity (Wildman–Crippen MR) is 63.1 cm³/mol. The summed E-state index contributed by atoms with van der Waals surface area (Å²) in [5, 5.41) is 0. The first kappa shape index (κ1) is 11.2. The second-order valence-corrected chi connectivity index (χ2v) is 4.15. The lowest BCUT2D eigenvalue weighted by Crippen LogP contribution is -2.39. The van der Waals surface area contributed by atoms with Gasteiger partial charge in [-0.2, -0.15) is 0 Å². The number of ether oxygens (including phenoxy) is 1. The number of methoxy groups -OCH3 is 1. The standard InChI is InChI=1S/C12H17FN2O/c1-16-10-3-2-6-15(8-10)12-7-9(13)4-5-11(12)14/h4-5,7,10H,2-3,6,8,14H2,1H3. The van der Waals surface area contributed by atoms with Crippen molar-refractivity contribution in [3.63, 3.8) is 0 Å². The summed E-state index contributed by atoms with van der Waals surface area (Å²) in [4.78, 5) is 2.09. The second-order valence-electron chi connectivity index (χ2n) is 4.15. The Kier molecular flexibility index (Phi) is 3.29. The zero-order valence-electron chi connectivity index (χ0n) is 9.45. The van der Waals surface area contributed by atoms with Gasteiger partial charge in [0.25, 0.3) is 0 Å². The SMILES string of the molecule is COC1CCCN(c2cc(F)ccc2N)C1. The van der Waals surface area contributed by atoms with Gasteiger partial charge in [-0.15, -0.1) is 0 Å². The average molecular weight is 224 g/mol. The minimum Gasteiger partial charge on any atom is -0.397 e. The highest BCUT2D eigenvalue weighted by atomic mass is 19.1. The number of nitrogens with zero attached hydrogens (tertiary/aromatic N) is 1. The van der Waals surface area contributed by atoms with Crippen molar-refractivity contribution in [2.24, 2.45) is 0 Å². The van der Waals surface area contributed by atoms with Crippen molar-refractivity contribution in [2.45, 2.75) is 18.9 Å². The first-order chi connectivity index (χ1) is 7.70. The van der Waals surface area contributed by atoms with E-state index in [2.05, 4.69) is 4.90 Å². The molecule has 0 bridgehead atoms. The fourth-order valence-electron chi connectivity index (χ4n) is 2.14. The quantitative estimate of drug-likeness (QED) is 0.781. The fraction of sp³-hybridized carbons (Fsp3) is 0.500. The number of piperidine rings is 1. The first-order valence-electron chi connectivity index (χ1n) is 5.53. The summed E-state index contributed by atoms with van der Waals surface area (Å²) in [6.45, 7) is 1.69. The Balaban J connectivity index is 2.19. The Morgan fingerprint density at radius 2 is 2.31 bits per heavy atom. The van der Waals surface area contributed by atoms with E-state index in [9.17, 15) is 4.39 Å². The van der Waals surface area contributed by atoms with E-state index in [0.717, 1.165) is 31.6 Å². The zero-order valence-corrected chi connectivity index (χ0v) is 9.45. The smallest absolute Gasteiger partial charge is 0.125 e. The van der Waals surface area contributed by atoms with E-state index in [1.165, 1.54) is 12.1 Å². The van der Waals surface area contributed by atoms with Crippen molar-refractivity contribution >= 4 is 11.4 Å². The summed E-state index contributed by atoms with van der Waals surface area (Å²) in [7, 11) is 1.71. The Morgan fingerprint density at radius 3 is 3.06 bits per heavy atom. The van der Waals surface area contributed by atoms with Crippen LogP contribution in [-0.2, 0) is 4.74 Å². The first-order valence-corrected chi connectivity index (χ1v) is 5.53. The molecule has 16 heavy (non-hydrogen) atoms. The molecule has 2 N–H and O–H groups in total. The molecule has 88 valence electrons. The fourth-order valence-corrected chi connectivity index (χ4v) is 2.14. The molecule has 0 amide bonds. The van der Waals surface area contributed by atoms with Gasteiger partial charge < -0.3 is 15.4 Å². The maximum absolute atomic E-state index is 13.2. The lowest BCUT2D eigenvalue weighted by atomic mass is 10.1. The molecule has 0 saturated carbocycles. The lowest BCUT2D eigenvalue weighted by molar-refractivity contribution is 0.0893. The van der Waals surface area contributed by atoms with Crippen LogP contribution in [-0.4, -0.2) is 26.3 Å². The third-order valence-corrected chi connectivity index (χ3v) is 3.04. The highest BCUT2D eigenvalue weighted by molar-refractivity contribution is 5.67. The van der Waals surface area contributed by atoms with Crippen molar-refractivity contribution < 1.29 is 9.13 Å². The molecular weight excluding hydrogens is 207 g/mol. The second kappa shape index (κ2) is 4.70. The Labute approximate surface area is 95.0 Å². The molecule has 1 aliphatic rings. The maximum atomic E-state index is 13.2. The van der Waals surface area contributed by atoms with E-state index in [-0.39, 0.29) is 11.9 Å². The molecule has 0 aliphatic carbocycles. The maximum Gasteiger partial charge on any atom is 0.125 e. The molecule has 1 heterocycles. The van der Waals surface area contributed by atoms with E-state index in [1.54, 1.807) is 13.2 Å². The van der Waals surface area contributed by atoms with Gasteiger partial charge in [0.1, 0.15) is 5.82 Å². The average Bonchev–Trinajstić information content (AvgIpc) is 2.32. The van der Waals surface area contributed by atoms with Crippen LogP contribution < -0.4 is 10.6 Å². The summed E-state index contributed by atoms with van der Waals surface area (Å²) in [6.07, 6.45) is 2.33. The van der Waals surface area contributed by atoms with Crippen LogP contribution in [0.3, 0.4) is 0 Å². The number of nitrogens with two attached hydrogens (primary N) is 1. The Morgan fingerprint density at radius 1 is 1.50 bits per heavy atom. The van der Waals surface area contributed by atoms with E-state index < -0.39 is 0 Å². The number of rotatable bonds is 2. The van der Waals surface area contributed by atoms with Crippen LogP contribution in [0, 0.1) is 5.82 Å². The van der Waals surface area contributed by atoms with Gasteiger partial charge in [-0.3, -0.25) is 0 Å². The number of hydrogen-bond acceptors (Lipinski definition) is 3. The monoisotopic (exact) mass is 224 g/mol. The molecule has 0 spiro atoms. The molecule has 1 aromatic rings. The van der Waals surface area contributed by atoms with E-state index in [4.69, 9.17) is 10.5 Å². The van der Waals surface area contributed by atoms with Gasteiger partial charge >= 0.3 is 0 Å². The van der Waals surface area contributed by atoms with Gasteiger partial charge in [0.2, 0.25) is 0 Å². The lowest BCUT2D eigenvalue weighted by Gasteiger charge is -2.34. The molecule has 0 radical (unpaired) electrons. The van der Waals surface area contributed by atoms with Crippen LogP contribution >= 0.6 is 0 Å². The highest BCUT2D eigenvalue weighted by Gasteiger charge is 2.21. The minimum absolute atomic E-state index is 0.219. The third-order valence-electron chi connectivity index (χ3n) is 3.04. The van der Waals surface area contributed by atoms with E-state index >= 15 is 0 Å². The van der Waals surface area contributed by atoms with Gasteiger partial charge in [0.15, 0.2) is 0 Å². The van der Waals surface area contributed by atoms with Crippen molar-refractivity contribution in [2.75, 3.05) is 30.8 Å². The molecule has 2 rings (SSSR count). The molecule has 1 unspecified atom stereocenters. The largest absolute Gasteiger partial charge is 0.397 e. The van der Waals surface area contributed by atoms with Crippen LogP contribution in [0.4, 0.5) is 15.8 Å². The van der Waals surface area contributed by atoms with Crippen LogP contribution in [0.2, 0.25) is 0 Å². The van der Waals surface area contributed by atoms with Gasteiger partial charge in [-0.05, 0) is 31.0 Å². The molecule has 1 aliphatic heterocycles. The summed E-state index contributed by atoms with van der Waals surface area (Å²) < 4.78 is 18.5. The van der Waals surface area contributed by atoms with E-state index in [0.29, 0.717) is 5.69 Å². The molecule has 0 aromatic heterocycles. The number of hydrogen-bond donors (Lipinski definition) is 1. The topological polar surface area (TPSA) is 38.5 Å². The Bertz CT molecular complexity index is 370. The van der Waals surface area contributed by atoms with Crippen molar-refractivity contribution in [1.29, 1.82) is 0 Å². The summed E-state index contributed by atoms with van der Waals surface area (Å²) in [5.74, 6) is -0.247. The molecule has 1 fully saturated rings. The highest BCUT2D eigenvalue weighted by Crippen LogP contribution is 2.27. The van der Waals surface area contributed by atoms with Crippen molar-refractivity contribution in [3.8, 4) is 0 Å². The zero-order chi connectivity index (χ0) is 11.5. The summed E-state index contributed by atoms with van der Waals surface area (Å²) >= 11 is 0. The number of nitrogen functional groups attached to an aromatic ring is 1. The van der Waals surface area contributed by atoms with Crippen LogP contribution in [0.1, 0.15) is 12.8 Å². The van der Waals surface area contributed by atoms with Gasteiger partial charge in [0.05, 0.1) is 17.5 Å². The number of halogens is 1.